The molecule has 1 aromatic carbocycles. The van der Waals surface area contributed by atoms with Crippen LogP contribution in [0.1, 0.15) is 24.1 Å². The van der Waals surface area contributed by atoms with E-state index in [1.54, 1.807) is 6.20 Å². The molecule has 1 aliphatic heterocycles. The smallest absolute Gasteiger partial charge is 0.323 e. The first-order chi connectivity index (χ1) is 12.7. The fourth-order valence-electron chi connectivity index (χ4n) is 3.51. The Hall–Kier alpha value is -2.93. The Labute approximate surface area is 150 Å². The van der Waals surface area contributed by atoms with Gasteiger partial charge in [-0.05, 0) is 49.2 Å². The van der Waals surface area contributed by atoms with E-state index in [1.165, 1.54) is 0 Å². The van der Waals surface area contributed by atoms with E-state index in [2.05, 4.69) is 25.2 Å². The Bertz CT molecular complexity index is 963. The van der Waals surface area contributed by atoms with Crippen molar-refractivity contribution in [1.29, 1.82) is 0 Å². The van der Waals surface area contributed by atoms with E-state index in [4.69, 9.17) is 0 Å². The third kappa shape index (κ3) is 3.52. The van der Waals surface area contributed by atoms with Crippen molar-refractivity contribution in [2.45, 2.75) is 32.0 Å². The Morgan fingerprint density at radius 1 is 1.23 bits per heavy atom. The van der Waals surface area contributed by atoms with Gasteiger partial charge in [-0.25, -0.2) is 4.79 Å². The molecule has 3 N–H and O–H groups in total. The number of benzene rings is 1. The zero-order chi connectivity index (χ0) is 17.9. The summed E-state index contributed by atoms with van der Waals surface area (Å²) in [4.78, 5) is 36.0. The summed E-state index contributed by atoms with van der Waals surface area (Å²) in [6, 6.07) is 11.4. The first-order valence-electron chi connectivity index (χ1n) is 8.82. The molecule has 0 saturated carbocycles. The lowest BCUT2D eigenvalue weighted by atomic mass is 10.1. The first kappa shape index (κ1) is 16.5. The molecular formula is C19H21N5O2. The minimum atomic E-state index is -0.225. The number of carbonyl (C=O) groups is 1. The van der Waals surface area contributed by atoms with Gasteiger partial charge in [0.25, 0.3) is 0 Å². The van der Waals surface area contributed by atoms with Gasteiger partial charge in [0.1, 0.15) is 0 Å². The van der Waals surface area contributed by atoms with E-state index in [-0.39, 0.29) is 17.6 Å². The lowest BCUT2D eigenvalue weighted by Crippen LogP contribution is -2.42. The van der Waals surface area contributed by atoms with Crippen LogP contribution in [0, 0.1) is 0 Å². The molecule has 0 bridgehead atoms. The molecule has 3 aromatic rings. The number of carbonyl (C=O) groups excluding carboxylic acids is 1. The number of rotatable bonds is 5. The highest BCUT2D eigenvalue weighted by Crippen LogP contribution is 2.20. The van der Waals surface area contributed by atoms with Crippen molar-refractivity contribution in [1.82, 2.24) is 25.2 Å². The number of amides is 1. The van der Waals surface area contributed by atoms with Crippen molar-refractivity contribution < 1.29 is 4.79 Å². The van der Waals surface area contributed by atoms with E-state index < -0.39 is 0 Å². The summed E-state index contributed by atoms with van der Waals surface area (Å²) in [5.41, 5.74) is 3.23. The molecule has 1 unspecified atom stereocenters. The van der Waals surface area contributed by atoms with Crippen LogP contribution in [0.25, 0.3) is 11.0 Å². The molecule has 1 atom stereocenters. The second-order valence-electron chi connectivity index (χ2n) is 6.63. The maximum atomic E-state index is 12.6. The molecule has 26 heavy (non-hydrogen) atoms. The molecule has 4 rings (SSSR count). The van der Waals surface area contributed by atoms with E-state index in [9.17, 15) is 9.59 Å². The number of nitrogens with one attached hydrogen (secondary N) is 3. The Morgan fingerprint density at radius 2 is 2.12 bits per heavy atom. The molecule has 1 saturated heterocycles. The summed E-state index contributed by atoms with van der Waals surface area (Å²) in [6.45, 7) is 2.04. The summed E-state index contributed by atoms with van der Waals surface area (Å²) in [7, 11) is 0. The topological polar surface area (TPSA) is 93.9 Å². The average Bonchev–Trinajstić information content (AvgIpc) is 3.25. The van der Waals surface area contributed by atoms with Gasteiger partial charge >= 0.3 is 5.69 Å². The van der Waals surface area contributed by atoms with E-state index >= 15 is 0 Å². The van der Waals surface area contributed by atoms with Crippen LogP contribution < -0.4 is 11.0 Å². The standard InChI is InChI=1S/C19H21N5O2/c25-18(17-5-3-9-24(17)12-14-4-1-2-8-20-14)21-11-13-6-7-15-16(10-13)23-19(26)22-15/h1-2,4,6-8,10,17H,3,5,9,11-12H2,(H,21,25)(H2,22,23,26). The predicted molar refractivity (Wildman–Crippen MR) is 98.4 cm³/mol. The van der Waals surface area contributed by atoms with Crippen molar-refractivity contribution >= 4 is 16.9 Å². The molecule has 7 nitrogen and oxygen atoms in total. The Kier molecular flexibility index (Phi) is 4.53. The average molecular weight is 351 g/mol. The fraction of sp³-hybridized carbons (Fsp3) is 0.316. The number of imidazole rings is 1. The highest BCUT2D eigenvalue weighted by Gasteiger charge is 2.30. The SMILES string of the molecule is O=C(NCc1ccc2[nH]c(=O)[nH]c2c1)C1CCCN1Cc1ccccn1. The van der Waals surface area contributed by atoms with Gasteiger partial charge in [0.2, 0.25) is 5.91 Å². The quantitative estimate of drug-likeness (QED) is 0.650. The lowest BCUT2D eigenvalue weighted by molar-refractivity contribution is -0.125. The molecule has 2 aromatic heterocycles. The largest absolute Gasteiger partial charge is 0.351 e. The number of hydrogen-bond acceptors (Lipinski definition) is 4. The number of fused-ring (bicyclic) bond motifs is 1. The van der Waals surface area contributed by atoms with Crippen LogP contribution in [0.4, 0.5) is 0 Å². The number of H-pyrrole nitrogens is 2. The zero-order valence-electron chi connectivity index (χ0n) is 14.4. The molecule has 0 spiro atoms. The third-order valence-electron chi connectivity index (χ3n) is 4.80. The number of aromatic amines is 2. The molecule has 0 radical (unpaired) electrons. The number of nitrogens with zero attached hydrogens (tertiary/aromatic N) is 2. The number of likely N-dealkylation sites (tertiary alicyclic amines) is 1. The van der Waals surface area contributed by atoms with Crippen LogP contribution in [0.3, 0.4) is 0 Å². The summed E-state index contributed by atoms with van der Waals surface area (Å²) in [5, 5.41) is 3.02. The summed E-state index contributed by atoms with van der Waals surface area (Å²) < 4.78 is 0. The van der Waals surface area contributed by atoms with E-state index in [0.717, 1.165) is 41.7 Å². The minimum absolute atomic E-state index is 0.0427. The van der Waals surface area contributed by atoms with Crippen LogP contribution in [0.5, 0.6) is 0 Å². The number of pyridine rings is 1. The monoisotopic (exact) mass is 351 g/mol. The van der Waals surface area contributed by atoms with Crippen LogP contribution in [0.15, 0.2) is 47.4 Å². The van der Waals surface area contributed by atoms with Crippen molar-refractivity contribution in [2.75, 3.05) is 6.54 Å². The van der Waals surface area contributed by atoms with Gasteiger partial charge in [0, 0.05) is 19.3 Å². The first-order valence-corrected chi connectivity index (χ1v) is 8.82. The van der Waals surface area contributed by atoms with Crippen molar-refractivity contribution in [3.8, 4) is 0 Å². The second kappa shape index (κ2) is 7.13. The van der Waals surface area contributed by atoms with Gasteiger partial charge in [-0.2, -0.15) is 0 Å². The van der Waals surface area contributed by atoms with Gasteiger partial charge in [-0.1, -0.05) is 12.1 Å². The number of aromatic nitrogens is 3. The molecule has 1 amide bonds. The summed E-state index contributed by atoms with van der Waals surface area (Å²) >= 11 is 0. The van der Waals surface area contributed by atoms with Gasteiger partial charge in [0.15, 0.2) is 0 Å². The van der Waals surface area contributed by atoms with E-state index in [1.807, 2.05) is 36.4 Å². The third-order valence-corrected chi connectivity index (χ3v) is 4.80. The van der Waals surface area contributed by atoms with Crippen LogP contribution in [0.2, 0.25) is 0 Å². The molecule has 7 heteroatoms. The highest BCUT2D eigenvalue weighted by molar-refractivity contribution is 5.82. The molecule has 1 fully saturated rings. The van der Waals surface area contributed by atoms with Gasteiger partial charge in [0.05, 0.1) is 22.8 Å². The van der Waals surface area contributed by atoms with Crippen molar-refractivity contribution in [3.05, 3.63) is 64.3 Å². The van der Waals surface area contributed by atoms with Crippen LogP contribution in [-0.4, -0.2) is 38.3 Å². The van der Waals surface area contributed by atoms with Crippen LogP contribution >= 0.6 is 0 Å². The maximum Gasteiger partial charge on any atom is 0.323 e. The van der Waals surface area contributed by atoms with E-state index in [0.29, 0.717) is 13.1 Å². The molecule has 1 aliphatic rings. The Balaban J connectivity index is 1.39. The predicted octanol–water partition coefficient (Wildman–Crippen LogP) is 1.53. The molecule has 134 valence electrons. The molecule has 0 aliphatic carbocycles. The fourth-order valence-corrected chi connectivity index (χ4v) is 3.51. The lowest BCUT2D eigenvalue weighted by Gasteiger charge is -2.23. The normalized spacial score (nSPS) is 17.6. The Morgan fingerprint density at radius 3 is 2.96 bits per heavy atom. The highest BCUT2D eigenvalue weighted by atomic mass is 16.2. The maximum absolute atomic E-state index is 12.6. The zero-order valence-corrected chi connectivity index (χ0v) is 14.4. The van der Waals surface area contributed by atoms with Crippen molar-refractivity contribution in [2.24, 2.45) is 0 Å². The second-order valence-corrected chi connectivity index (χ2v) is 6.63. The van der Waals surface area contributed by atoms with Crippen molar-refractivity contribution in [3.63, 3.8) is 0 Å². The van der Waals surface area contributed by atoms with Crippen LogP contribution in [-0.2, 0) is 17.9 Å². The van der Waals surface area contributed by atoms with Gasteiger partial charge < -0.3 is 15.3 Å². The van der Waals surface area contributed by atoms with Gasteiger partial charge in [-0.15, -0.1) is 0 Å². The summed E-state index contributed by atoms with van der Waals surface area (Å²) in [5.74, 6) is 0.0427. The molecular weight excluding hydrogens is 330 g/mol. The molecule has 3 heterocycles. The van der Waals surface area contributed by atoms with Gasteiger partial charge in [-0.3, -0.25) is 14.7 Å². The number of hydrogen-bond donors (Lipinski definition) is 3. The minimum Gasteiger partial charge on any atom is -0.351 e. The summed E-state index contributed by atoms with van der Waals surface area (Å²) in [6.07, 6.45) is 3.66.